The normalized spacial score (nSPS) is 15.5. The van der Waals surface area contributed by atoms with E-state index < -0.39 is 17.6 Å². The molecule has 0 saturated heterocycles. The van der Waals surface area contributed by atoms with Crippen LogP contribution in [0.15, 0.2) is 4.79 Å². The van der Waals surface area contributed by atoms with Crippen LogP contribution in [0.3, 0.4) is 0 Å². The second kappa shape index (κ2) is 3.32. The van der Waals surface area contributed by atoms with Gasteiger partial charge < -0.3 is 4.98 Å². The first-order valence-electron chi connectivity index (χ1n) is 5.08. The van der Waals surface area contributed by atoms with Crippen LogP contribution in [0.2, 0.25) is 0 Å². The molecule has 0 fully saturated rings. The first kappa shape index (κ1) is 10.8. The molecule has 90 valence electrons. The Kier molecular flexibility index (Phi) is 2.10. The third-order valence-electron chi connectivity index (χ3n) is 2.84. The summed E-state index contributed by atoms with van der Waals surface area (Å²) in [5.41, 5.74) is 0.203. The summed E-state index contributed by atoms with van der Waals surface area (Å²) < 4.78 is 37.4. The van der Waals surface area contributed by atoms with Crippen molar-refractivity contribution in [1.29, 1.82) is 0 Å². The van der Waals surface area contributed by atoms with Crippen LogP contribution < -0.4 is 5.56 Å². The highest BCUT2D eigenvalue weighted by atomic mass is 32.1. The molecule has 17 heavy (non-hydrogen) atoms. The quantitative estimate of drug-likeness (QED) is 0.791. The van der Waals surface area contributed by atoms with E-state index in [1.165, 1.54) is 11.3 Å². The minimum Gasteiger partial charge on any atom is -0.302 e. The summed E-state index contributed by atoms with van der Waals surface area (Å²) in [4.78, 5) is 18.2. The van der Waals surface area contributed by atoms with Gasteiger partial charge in [-0.2, -0.15) is 13.2 Å². The standard InChI is InChI=1S/C10H7F3N2OS/c11-10(12,13)9-14-7(16)6-4-2-1-3-5(4)17-8(6)15-9/h1-3H2,(H,14,15,16). The van der Waals surface area contributed by atoms with Gasteiger partial charge in [-0.3, -0.25) is 4.79 Å². The SMILES string of the molecule is O=c1[nH]c(C(F)(F)F)nc2sc3c(c12)CCC3. The van der Waals surface area contributed by atoms with Crippen LogP contribution in [-0.2, 0) is 19.0 Å². The summed E-state index contributed by atoms with van der Waals surface area (Å²) in [5.74, 6) is -1.21. The van der Waals surface area contributed by atoms with Gasteiger partial charge >= 0.3 is 6.18 Å². The van der Waals surface area contributed by atoms with Crippen molar-refractivity contribution in [3.63, 3.8) is 0 Å². The zero-order valence-electron chi connectivity index (χ0n) is 8.52. The third-order valence-corrected chi connectivity index (χ3v) is 4.03. The van der Waals surface area contributed by atoms with E-state index in [1.807, 2.05) is 4.98 Å². The predicted molar refractivity (Wildman–Crippen MR) is 57.3 cm³/mol. The summed E-state index contributed by atoms with van der Waals surface area (Å²) in [6.07, 6.45) is -2.07. The van der Waals surface area contributed by atoms with Gasteiger partial charge in [0, 0.05) is 4.88 Å². The van der Waals surface area contributed by atoms with E-state index in [2.05, 4.69) is 4.98 Å². The van der Waals surface area contributed by atoms with Crippen molar-refractivity contribution in [3.05, 3.63) is 26.6 Å². The van der Waals surface area contributed by atoms with Crippen LogP contribution in [0.25, 0.3) is 10.2 Å². The molecule has 7 heteroatoms. The van der Waals surface area contributed by atoms with E-state index in [4.69, 9.17) is 0 Å². The first-order chi connectivity index (χ1) is 7.97. The molecule has 1 aliphatic carbocycles. The van der Waals surface area contributed by atoms with Crippen molar-refractivity contribution in [1.82, 2.24) is 9.97 Å². The van der Waals surface area contributed by atoms with Crippen LogP contribution in [0, 0.1) is 0 Å². The van der Waals surface area contributed by atoms with Gasteiger partial charge in [0.2, 0.25) is 5.82 Å². The van der Waals surface area contributed by atoms with Crippen molar-refractivity contribution in [2.45, 2.75) is 25.4 Å². The molecule has 1 aliphatic rings. The van der Waals surface area contributed by atoms with E-state index in [0.717, 1.165) is 29.7 Å². The molecular weight excluding hydrogens is 253 g/mol. The van der Waals surface area contributed by atoms with E-state index in [-0.39, 0.29) is 4.83 Å². The molecule has 0 spiro atoms. The van der Waals surface area contributed by atoms with Crippen LogP contribution in [0.1, 0.15) is 22.7 Å². The molecule has 2 aromatic rings. The average molecular weight is 260 g/mol. The molecule has 0 amide bonds. The number of H-pyrrole nitrogens is 1. The minimum atomic E-state index is -4.61. The number of aryl methyl sites for hydroxylation is 2. The molecule has 0 saturated carbocycles. The Morgan fingerprint density at radius 1 is 1.29 bits per heavy atom. The lowest BCUT2D eigenvalue weighted by Crippen LogP contribution is -2.18. The van der Waals surface area contributed by atoms with Gasteiger partial charge in [-0.25, -0.2) is 4.98 Å². The van der Waals surface area contributed by atoms with Gasteiger partial charge in [0.25, 0.3) is 5.56 Å². The predicted octanol–water partition coefficient (Wildman–Crippen LogP) is 2.49. The maximum absolute atomic E-state index is 12.5. The molecular formula is C10H7F3N2OS. The summed E-state index contributed by atoms with van der Waals surface area (Å²) in [5, 5.41) is 0.343. The molecule has 0 radical (unpaired) electrons. The molecule has 3 rings (SSSR count). The number of halogens is 3. The number of thiophene rings is 1. The van der Waals surface area contributed by atoms with E-state index in [1.54, 1.807) is 0 Å². The molecule has 3 nitrogen and oxygen atoms in total. The maximum atomic E-state index is 12.5. The maximum Gasteiger partial charge on any atom is 0.449 e. The zero-order valence-corrected chi connectivity index (χ0v) is 9.34. The molecule has 0 unspecified atom stereocenters. The topological polar surface area (TPSA) is 45.8 Å². The monoisotopic (exact) mass is 260 g/mol. The number of aromatic amines is 1. The second-order valence-electron chi connectivity index (χ2n) is 3.95. The van der Waals surface area contributed by atoms with Crippen LogP contribution in [0.5, 0.6) is 0 Å². The number of alkyl halides is 3. The number of rotatable bonds is 0. The van der Waals surface area contributed by atoms with Gasteiger partial charge in [0.15, 0.2) is 0 Å². The van der Waals surface area contributed by atoms with Crippen molar-refractivity contribution in [2.75, 3.05) is 0 Å². The van der Waals surface area contributed by atoms with Gasteiger partial charge in [-0.1, -0.05) is 0 Å². The van der Waals surface area contributed by atoms with Crippen molar-refractivity contribution in [3.8, 4) is 0 Å². The summed E-state index contributed by atoms with van der Waals surface area (Å²) in [7, 11) is 0. The van der Waals surface area contributed by atoms with Crippen molar-refractivity contribution in [2.24, 2.45) is 0 Å². The zero-order chi connectivity index (χ0) is 12.2. The molecule has 2 heterocycles. The fourth-order valence-electron chi connectivity index (χ4n) is 2.14. The van der Waals surface area contributed by atoms with Crippen molar-refractivity contribution >= 4 is 21.6 Å². The highest BCUT2D eigenvalue weighted by Crippen LogP contribution is 2.35. The lowest BCUT2D eigenvalue weighted by atomic mass is 10.2. The van der Waals surface area contributed by atoms with Crippen LogP contribution in [-0.4, -0.2) is 9.97 Å². The Balaban J connectivity index is 2.33. The highest BCUT2D eigenvalue weighted by molar-refractivity contribution is 7.18. The van der Waals surface area contributed by atoms with E-state index >= 15 is 0 Å². The Morgan fingerprint density at radius 2 is 2.06 bits per heavy atom. The number of fused-ring (bicyclic) bond motifs is 3. The molecule has 0 aromatic carbocycles. The van der Waals surface area contributed by atoms with Crippen molar-refractivity contribution < 1.29 is 13.2 Å². The molecule has 1 N–H and O–H groups in total. The number of aromatic nitrogens is 2. The highest BCUT2D eigenvalue weighted by Gasteiger charge is 2.35. The Morgan fingerprint density at radius 3 is 2.76 bits per heavy atom. The average Bonchev–Trinajstić information content (AvgIpc) is 2.73. The van der Waals surface area contributed by atoms with E-state index in [9.17, 15) is 18.0 Å². The fraction of sp³-hybridized carbons (Fsp3) is 0.400. The third kappa shape index (κ3) is 1.56. The Hall–Kier alpha value is -1.37. The summed E-state index contributed by atoms with van der Waals surface area (Å²) in [6, 6.07) is 0. The number of hydrogen-bond donors (Lipinski definition) is 1. The number of nitrogens with zero attached hydrogens (tertiary/aromatic N) is 1. The van der Waals surface area contributed by atoms with Crippen LogP contribution in [0.4, 0.5) is 13.2 Å². The van der Waals surface area contributed by atoms with Gasteiger partial charge in [-0.15, -0.1) is 11.3 Å². The fourth-order valence-corrected chi connectivity index (χ4v) is 3.40. The molecule has 0 bridgehead atoms. The lowest BCUT2D eigenvalue weighted by molar-refractivity contribution is -0.144. The van der Waals surface area contributed by atoms with Crippen LogP contribution >= 0.6 is 11.3 Å². The second-order valence-corrected chi connectivity index (χ2v) is 5.03. The Labute approximate surface area is 97.3 Å². The van der Waals surface area contributed by atoms with E-state index in [0.29, 0.717) is 5.39 Å². The number of hydrogen-bond acceptors (Lipinski definition) is 3. The molecule has 0 aliphatic heterocycles. The molecule has 2 aromatic heterocycles. The first-order valence-corrected chi connectivity index (χ1v) is 5.90. The summed E-state index contributed by atoms with van der Waals surface area (Å²) in [6.45, 7) is 0. The van der Waals surface area contributed by atoms with Gasteiger partial charge in [0.1, 0.15) is 4.83 Å². The molecule has 0 atom stereocenters. The smallest absolute Gasteiger partial charge is 0.302 e. The number of nitrogens with one attached hydrogen (secondary N) is 1. The van der Waals surface area contributed by atoms with Gasteiger partial charge in [-0.05, 0) is 24.8 Å². The lowest BCUT2D eigenvalue weighted by Gasteiger charge is -2.04. The minimum absolute atomic E-state index is 0.200. The largest absolute Gasteiger partial charge is 0.449 e. The van der Waals surface area contributed by atoms with Gasteiger partial charge in [0.05, 0.1) is 5.39 Å². The summed E-state index contributed by atoms with van der Waals surface area (Å²) >= 11 is 1.20. The Bertz CT molecular complexity index is 656.